The van der Waals surface area contributed by atoms with Gasteiger partial charge in [-0.2, -0.15) is 0 Å². The number of hydrogen-bond acceptors (Lipinski definition) is 6. The summed E-state index contributed by atoms with van der Waals surface area (Å²) in [6.07, 6.45) is 4.13. The second-order valence-electron chi connectivity index (χ2n) is 10.4. The van der Waals surface area contributed by atoms with E-state index >= 15 is 8.42 Å². The van der Waals surface area contributed by atoms with Crippen molar-refractivity contribution in [2.24, 2.45) is 0 Å². The SMILES string of the molecule is CSc1sc2cc(C)cc(S(=O)(=O)c3cc(C)cc4sc(SC)c(-c5ccc(C)cc5)c34)c2c1-c1ccc(C)cc1. The summed E-state index contributed by atoms with van der Waals surface area (Å²) in [5.74, 6) is 0. The van der Waals surface area contributed by atoms with Gasteiger partial charge in [0, 0.05) is 31.3 Å². The third-order valence-corrected chi connectivity index (χ3v) is 13.7. The van der Waals surface area contributed by atoms with E-state index in [2.05, 4.69) is 87.0 Å². The summed E-state index contributed by atoms with van der Waals surface area (Å²) in [6, 6.07) is 24.8. The van der Waals surface area contributed by atoms with E-state index in [0.29, 0.717) is 9.79 Å². The zero-order valence-electron chi connectivity index (χ0n) is 23.8. The topological polar surface area (TPSA) is 34.1 Å². The first-order chi connectivity index (χ1) is 19.6. The molecule has 2 heterocycles. The third kappa shape index (κ3) is 4.96. The second kappa shape index (κ2) is 10.9. The van der Waals surface area contributed by atoms with E-state index in [1.807, 2.05) is 26.0 Å². The predicted molar refractivity (Wildman–Crippen MR) is 182 cm³/mol. The van der Waals surface area contributed by atoms with Crippen molar-refractivity contribution < 1.29 is 8.42 Å². The summed E-state index contributed by atoms with van der Waals surface area (Å²) >= 11 is 6.70. The highest BCUT2D eigenvalue weighted by Crippen LogP contribution is 2.50. The molecule has 41 heavy (non-hydrogen) atoms. The molecule has 0 aliphatic heterocycles. The normalized spacial score (nSPS) is 12.0. The number of benzene rings is 4. The van der Waals surface area contributed by atoms with Gasteiger partial charge >= 0.3 is 0 Å². The highest BCUT2D eigenvalue weighted by molar-refractivity contribution is 8.01. The van der Waals surface area contributed by atoms with Gasteiger partial charge in [0.2, 0.25) is 9.84 Å². The van der Waals surface area contributed by atoms with Gasteiger partial charge in [0.1, 0.15) is 0 Å². The van der Waals surface area contributed by atoms with Crippen LogP contribution < -0.4 is 0 Å². The summed E-state index contributed by atoms with van der Waals surface area (Å²) in [5.41, 5.74) is 8.34. The van der Waals surface area contributed by atoms with Crippen molar-refractivity contribution in [1.82, 2.24) is 0 Å². The molecule has 0 bridgehead atoms. The Kier molecular flexibility index (Phi) is 7.62. The van der Waals surface area contributed by atoms with Gasteiger partial charge < -0.3 is 0 Å². The van der Waals surface area contributed by atoms with Crippen molar-refractivity contribution in [2.75, 3.05) is 12.5 Å². The van der Waals surface area contributed by atoms with Gasteiger partial charge in [-0.05, 0) is 86.7 Å². The molecular weight excluding hydrogens is 601 g/mol. The lowest BCUT2D eigenvalue weighted by Crippen LogP contribution is -2.05. The van der Waals surface area contributed by atoms with Gasteiger partial charge in [0.25, 0.3) is 0 Å². The molecule has 7 heteroatoms. The molecule has 0 spiro atoms. The van der Waals surface area contributed by atoms with Crippen LogP contribution in [0.1, 0.15) is 22.3 Å². The van der Waals surface area contributed by atoms with Gasteiger partial charge in [-0.15, -0.1) is 46.2 Å². The predicted octanol–water partition coefficient (Wildman–Crippen LogP) is 11.0. The third-order valence-electron chi connectivity index (χ3n) is 7.36. The highest BCUT2D eigenvalue weighted by Gasteiger charge is 2.30. The van der Waals surface area contributed by atoms with E-state index < -0.39 is 9.84 Å². The van der Waals surface area contributed by atoms with Crippen molar-refractivity contribution in [3.8, 4) is 22.3 Å². The van der Waals surface area contributed by atoms with Crippen molar-refractivity contribution in [2.45, 2.75) is 45.9 Å². The highest BCUT2D eigenvalue weighted by atomic mass is 32.2. The minimum absolute atomic E-state index is 0.387. The van der Waals surface area contributed by atoms with Crippen LogP contribution in [0.15, 0.2) is 91.0 Å². The molecule has 4 aromatic carbocycles. The molecule has 0 aliphatic carbocycles. The van der Waals surface area contributed by atoms with Gasteiger partial charge in [-0.1, -0.05) is 59.7 Å². The summed E-state index contributed by atoms with van der Waals surface area (Å²) in [6.45, 7) is 8.12. The number of rotatable bonds is 6. The van der Waals surface area contributed by atoms with Crippen LogP contribution in [0, 0.1) is 27.7 Å². The Labute approximate surface area is 258 Å². The van der Waals surface area contributed by atoms with E-state index in [-0.39, 0.29) is 0 Å². The van der Waals surface area contributed by atoms with E-state index in [4.69, 9.17) is 0 Å². The average molecular weight is 631 g/mol. The van der Waals surface area contributed by atoms with Crippen LogP contribution in [0.3, 0.4) is 0 Å². The first kappa shape index (κ1) is 28.6. The lowest BCUT2D eigenvalue weighted by atomic mass is 10.0. The monoisotopic (exact) mass is 630 g/mol. The quantitative estimate of drug-likeness (QED) is 0.172. The van der Waals surface area contributed by atoms with Gasteiger partial charge in [-0.3, -0.25) is 0 Å². The Hall–Kier alpha value is -2.55. The Morgan fingerprint density at radius 3 is 1.24 bits per heavy atom. The standard InChI is InChI=1S/C34H30O2S5/c1-19-7-11-23(12-8-19)29-31-25(39-33(29)37-5)15-21(3)17-27(31)41(35,36)28-18-22(4)16-26-32(28)30(34(38-6)40-26)24-13-9-20(2)10-14-24/h7-18H,1-6H3. The van der Waals surface area contributed by atoms with E-state index in [1.165, 1.54) is 11.1 Å². The first-order valence-electron chi connectivity index (χ1n) is 13.2. The fraction of sp³-hybridized carbons (Fsp3) is 0.176. The van der Waals surface area contributed by atoms with Crippen LogP contribution in [-0.2, 0) is 9.84 Å². The zero-order chi connectivity index (χ0) is 29.1. The largest absolute Gasteiger partial charge is 0.218 e. The van der Waals surface area contributed by atoms with Crippen LogP contribution in [0.2, 0.25) is 0 Å². The minimum atomic E-state index is -3.91. The minimum Gasteiger partial charge on any atom is -0.218 e. The number of fused-ring (bicyclic) bond motifs is 2. The molecular formula is C34H30O2S5. The fourth-order valence-electron chi connectivity index (χ4n) is 5.40. The maximum Gasteiger partial charge on any atom is 0.207 e. The molecule has 0 amide bonds. The van der Waals surface area contributed by atoms with Crippen LogP contribution in [0.4, 0.5) is 0 Å². The molecule has 2 aromatic heterocycles. The molecule has 0 saturated heterocycles. The molecule has 0 fully saturated rings. The average Bonchev–Trinajstić information content (AvgIpc) is 3.50. The summed E-state index contributed by atoms with van der Waals surface area (Å²) in [4.78, 5) is 0.775. The summed E-state index contributed by atoms with van der Waals surface area (Å²) in [5, 5.41) is 1.64. The van der Waals surface area contributed by atoms with Crippen LogP contribution >= 0.6 is 46.2 Å². The number of thiophene rings is 2. The number of thioether (sulfide) groups is 2. The van der Waals surface area contributed by atoms with Crippen LogP contribution in [-0.4, -0.2) is 20.9 Å². The molecule has 6 aromatic rings. The Balaban J connectivity index is 1.72. The van der Waals surface area contributed by atoms with Crippen LogP contribution in [0.5, 0.6) is 0 Å². The van der Waals surface area contributed by atoms with Crippen molar-refractivity contribution >= 4 is 76.2 Å². The molecule has 6 rings (SSSR count). The van der Waals surface area contributed by atoms with Gasteiger partial charge in [-0.25, -0.2) is 8.42 Å². The fourth-order valence-corrected chi connectivity index (χ4v) is 11.6. The molecule has 0 unspecified atom stereocenters. The number of sulfone groups is 1. The molecule has 0 saturated carbocycles. The van der Waals surface area contributed by atoms with E-state index in [1.54, 1.807) is 46.2 Å². The lowest BCUT2D eigenvalue weighted by molar-refractivity contribution is 0.597. The smallest absolute Gasteiger partial charge is 0.207 e. The Bertz CT molecular complexity index is 1900. The van der Waals surface area contributed by atoms with Gasteiger partial charge in [0.05, 0.1) is 18.2 Å². The summed E-state index contributed by atoms with van der Waals surface area (Å²) < 4.78 is 34.3. The first-order valence-corrected chi connectivity index (χ1v) is 18.8. The molecule has 2 nitrogen and oxygen atoms in total. The molecule has 208 valence electrons. The molecule has 0 N–H and O–H groups in total. The lowest BCUT2D eigenvalue weighted by Gasteiger charge is -2.14. The summed E-state index contributed by atoms with van der Waals surface area (Å²) in [7, 11) is -3.91. The van der Waals surface area contributed by atoms with Crippen molar-refractivity contribution in [3.63, 3.8) is 0 Å². The molecule has 0 aliphatic rings. The van der Waals surface area contributed by atoms with E-state index in [0.717, 1.165) is 62.0 Å². The maximum atomic E-state index is 15.0. The molecule has 0 atom stereocenters. The number of hydrogen-bond donors (Lipinski definition) is 0. The number of aryl methyl sites for hydroxylation is 4. The molecule has 0 radical (unpaired) electrons. The Morgan fingerprint density at radius 1 is 0.537 bits per heavy atom. The van der Waals surface area contributed by atoms with Gasteiger partial charge in [0.15, 0.2) is 0 Å². The zero-order valence-corrected chi connectivity index (χ0v) is 27.9. The van der Waals surface area contributed by atoms with Crippen molar-refractivity contribution in [3.05, 3.63) is 95.1 Å². The van der Waals surface area contributed by atoms with Crippen molar-refractivity contribution in [1.29, 1.82) is 0 Å². The maximum absolute atomic E-state index is 15.0. The van der Waals surface area contributed by atoms with Crippen LogP contribution in [0.25, 0.3) is 42.4 Å². The Morgan fingerprint density at radius 2 is 0.902 bits per heavy atom. The second-order valence-corrected chi connectivity index (χ2v) is 16.6. The van der Waals surface area contributed by atoms with E-state index in [9.17, 15) is 0 Å².